The van der Waals surface area contributed by atoms with Crippen LogP contribution in [0.5, 0.6) is 0 Å². The molecule has 0 N–H and O–H groups in total. The van der Waals surface area contributed by atoms with Crippen LogP contribution in [-0.4, -0.2) is 19.5 Å². The van der Waals surface area contributed by atoms with Gasteiger partial charge < -0.3 is 4.57 Å². The summed E-state index contributed by atoms with van der Waals surface area (Å²) in [4.78, 5) is 14.9. The minimum absolute atomic E-state index is 0.665. The number of fused-ring (bicyclic) bond motifs is 9. The summed E-state index contributed by atoms with van der Waals surface area (Å²) in [5.41, 5.74) is 9.02. The largest absolute Gasteiger partial charge is 0.308 e. The number of benzene rings is 8. The number of hydrogen-bond acceptors (Lipinski definition) is 5. The first-order chi connectivity index (χ1) is 28.2. The molecular formula is C51H30N4S2. The SMILES string of the molecule is c1ccc(-c2nc(-c3ccccc3)nc(-c3ccc4sc5cc(-c6ccc7c(c6)sc6c(-n8c9ccccc9c9ccccc98)cccc67)ccc5c4c3)n2)cc1. The predicted octanol–water partition coefficient (Wildman–Crippen LogP) is 14.4. The molecule has 0 aliphatic carbocycles. The van der Waals surface area contributed by atoms with Gasteiger partial charge in [0.05, 0.1) is 21.4 Å². The van der Waals surface area contributed by atoms with Gasteiger partial charge in [0, 0.05) is 63.1 Å². The van der Waals surface area contributed by atoms with E-state index in [4.69, 9.17) is 15.0 Å². The topological polar surface area (TPSA) is 43.6 Å². The van der Waals surface area contributed by atoms with Gasteiger partial charge in [0.2, 0.25) is 0 Å². The third-order valence-electron chi connectivity index (χ3n) is 11.1. The number of aromatic nitrogens is 4. The highest BCUT2D eigenvalue weighted by Gasteiger charge is 2.18. The predicted molar refractivity (Wildman–Crippen MR) is 242 cm³/mol. The first-order valence-electron chi connectivity index (χ1n) is 19.0. The second kappa shape index (κ2) is 12.8. The molecule has 12 rings (SSSR count). The Labute approximate surface area is 335 Å². The Kier molecular flexibility index (Phi) is 7.24. The lowest BCUT2D eigenvalue weighted by Crippen LogP contribution is -2.00. The molecule has 0 amide bonds. The standard InChI is InChI=1S/C51H30N4S2/c1-3-12-31(13-4-1)49-52-50(32-14-5-2-6-15-32)54-51(53-49)35-24-27-45-41(28-35)39-26-23-33(29-46(39)56-45)34-22-25-38-40-18-11-21-44(48(40)57-47(38)30-34)55-42-19-9-7-16-36(42)37-17-8-10-20-43(37)55/h1-30H. The fourth-order valence-electron chi connectivity index (χ4n) is 8.35. The zero-order valence-electron chi connectivity index (χ0n) is 30.4. The van der Waals surface area contributed by atoms with Crippen LogP contribution in [0, 0.1) is 0 Å². The highest BCUT2D eigenvalue weighted by Crippen LogP contribution is 2.43. The van der Waals surface area contributed by atoms with E-state index in [1.807, 2.05) is 83.3 Å². The van der Waals surface area contributed by atoms with E-state index in [2.05, 4.69) is 126 Å². The Morgan fingerprint density at radius 3 is 1.46 bits per heavy atom. The third-order valence-corrected chi connectivity index (χ3v) is 13.4. The molecular weight excluding hydrogens is 733 g/mol. The van der Waals surface area contributed by atoms with Crippen molar-refractivity contribution in [2.75, 3.05) is 0 Å². The molecule has 0 saturated heterocycles. The van der Waals surface area contributed by atoms with Crippen LogP contribution in [0.2, 0.25) is 0 Å². The summed E-state index contributed by atoms with van der Waals surface area (Å²) in [6, 6.07) is 64.9. The highest BCUT2D eigenvalue weighted by molar-refractivity contribution is 7.26. The maximum atomic E-state index is 4.99. The first kappa shape index (κ1) is 32.3. The van der Waals surface area contributed by atoms with Crippen molar-refractivity contribution in [3.63, 3.8) is 0 Å². The Morgan fingerprint density at radius 2 is 0.825 bits per heavy atom. The fourth-order valence-corrected chi connectivity index (χ4v) is 10.7. The molecule has 57 heavy (non-hydrogen) atoms. The van der Waals surface area contributed by atoms with E-state index in [1.165, 1.54) is 79.0 Å². The van der Waals surface area contributed by atoms with Crippen LogP contribution in [0.4, 0.5) is 0 Å². The molecule has 6 heteroatoms. The van der Waals surface area contributed by atoms with Gasteiger partial charge in [-0.25, -0.2) is 15.0 Å². The average molecular weight is 763 g/mol. The van der Waals surface area contributed by atoms with Crippen LogP contribution < -0.4 is 0 Å². The van der Waals surface area contributed by atoms with E-state index in [9.17, 15) is 0 Å². The van der Waals surface area contributed by atoms with Crippen molar-refractivity contribution in [1.82, 2.24) is 19.5 Å². The highest BCUT2D eigenvalue weighted by atomic mass is 32.1. The normalized spacial score (nSPS) is 11.9. The van der Waals surface area contributed by atoms with Crippen molar-refractivity contribution in [2.45, 2.75) is 0 Å². The van der Waals surface area contributed by atoms with E-state index in [1.54, 1.807) is 0 Å². The van der Waals surface area contributed by atoms with Crippen molar-refractivity contribution < 1.29 is 0 Å². The number of rotatable bonds is 5. The summed E-state index contributed by atoms with van der Waals surface area (Å²) >= 11 is 3.71. The number of para-hydroxylation sites is 2. The fraction of sp³-hybridized carbons (Fsp3) is 0. The van der Waals surface area contributed by atoms with Gasteiger partial charge in [-0.15, -0.1) is 22.7 Å². The van der Waals surface area contributed by atoms with Crippen LogP contribution in [0.1, 0.15) is 0 Å². The second-order valence-corrected chi connectivity index (χ2v) is 16.5. The van der Waals surface area contributed by atoms with Gasteiger partial charge in [0.25, 0.3) is 0 Å². The first-order valence-corrected chi connectivity index (χ1v) is 20.6. The Bertz CT molecular complexity index is 3410. The van der Waals surface area contributed by atoms with E-state index < -0.39 is 0 Å². The molecule has 4 aromatic heterocycles. The smallest absolute Gasteiger partial charge is 0.164 e. The summed E-state index contributed by atoms with van der Waals surface area (Å²) in [5.74, 6) is 1.99. The van der Waals surface area contributed by atoms with E-state index in [-0.39, 0.29) is 0 Å². The molecule has 0 aliphatic heterocycles. The summed E-state index contributed by atoms with van der Waals surface area (Å²) in [5, 5.41) is 7.59. The average Bonchev–Trinajstić information content (AvgIpc) is 3.95. The molecule has 8 aromatic carbocycles. The molecule has 0 saturated carbocycles. The molecule has 0 bridgehead atoms. The molecule has 4 heterocycles. The Hall–Kier alpha value is -6.99. The van der Waals surface area contributed by atoms with Crippen molar-refractivity contribution in [2.24, 2.45) is 0 Å². The summed E-state index contributed by atoms with van der Waals surface area (Å²) in [6.45, 7) is 0. The van der Waals surface area contributed by atoms with Gasteiger partial charge in [-0.2, -0.15) is 0 Å². The number of nitrogens with zero attached hydrogens (tertiary/aromatic N) is 4. The maximum Gasteiger partial charge on any atom is 0.164 e. The molecule has 0 aliphatic rings. The second-order valence-electron chi connectivity index (χ2n) is 14.4. The molecule has 0 fully saturated rings. The molecule has 0 spiro atoms. The Balaban J connectivity index is 0.946. The van der Waals surface area contributed by atoms with Gasteiger partial charge >= 0.3 is 0 Å². The zero-order valence-corrected chi connectivity index (χ0v) is 32.1. The van der Waals surface area contributed by atoms with E-state index >= 15 is 0 Å². The lowest BCUT2D eigenvalue weighted by atomic mass is 10.0. The van der Waals surface area contributed by atoms with Gasteiger partial charge in [0.1, 0.15) is 0 Å². The van der Waals surface area contributed by atoms with E-state index in [0.29, 0.717) is 17.5 Å². The molecule has 0 radical (unpaired) electrons. The number of thiophene rings is 2. The van der Waals surface area contributed by atoms with Gasteiger partial charge in [0.15, 0.2) is 17.5 Å². The van der Waals surface area contributed by atoms with Gasteiger partial charge in [-0.3, -0.25) is 0 Å². The summed E-state index contributed by atoms with van der Waals surface area (Å²) in [7, 11) is 0. The molecule has 4 nitrogen and oxygen atoms in total. The molecule has 0 unspecified atom stereocenters. The molecule has 0 atom stereocenters. The third kappa shape index (κ3) is 5.22. The van der Waals surface area contributed by atoms with Crippen LogP contribution in [-0.2, 0) is 0 Å². The minimum Gasteiger partial charge on any atom is -0.308 e. The lowest BCUT2D eigenvalue weighted by Gasteiger charge is -2.09. The number of hydrogen-bond donors (Lipinski definition) is 0. The van der Waals surface area contributed by atoms with E-state index in [0.717, 1.165) is 16.7 Å². The van der Waals surface area contributed by atoms with Crippen LogP contribution in [0.25, 0.3) is 113 Å². The van der Waals surface area contributed by atoms with Crippen molar-refractivity contribution in [3.8, 4) is 51.0 Å². The summed E-state index contributed by atoms with van der Waals surface area (Å²) in [6.07, 6.45) is 0. The monoisotopic (exact) mass is 762 g/mol. The van der Waals surface area contributed by atoms with Crippen molar-refractivity contribution in [1.29, 1.82) is 0 Å². The lowest BCUT2D eigenvalue weighted by molar-refractivity contribution is 1.07. The van der Waals surface area contributed by atoms with Crippen LogP contribution in [0.3, 0.4) is 0 Å². The summed E-state index contributed by atoms with van der Waals surface area (Å²) < 4.78 is 7.53. The molecule has 266 valence electrons. The van der Waals surface area contributed by atoms with Crippen LogP contribution in [0.15, 0.2) is 182 Å². The van der Waals surface area contributed by atoms with Gasteiger partial charge in [-0.1, -0.05) is 133 Å². The van der Waals surface area contributed by atoms with Crippen molar-refractivity contribution in [3.05, 3.63) is 182 Å². The van der Waals surface area contributed by atoms with Crippen molar-refractivity contribution >= 4 is 84.8 Å². The van der Waals surface area contributed by atoms with Gasteiger partial charge in [-0.05, 0) is 59.7 Å². The minimum atomic E-state index is 0.665. The quantitative estimate of drug-likeness (QED) is 0.175. The molecule has 12 aromatic rings. The van der Waals surface area contributed by atoms with Crippen LogP contribution >= 0.6 is 22.7 Å². The maximum absolute atomic E-state index is 4.99. The Morgan fingerprint density at radius 1 is 0.316 bits per heavy atom. The zero-order chi connectivity index (χ0) is 37.5.